The number of carbonyl (C=O) groups excluding carboxylic acids is 1. The Labute approximate surface area is 90.4 Å². The predicted octanol–water partition coefficient (Wildman–Crippen LogP) is 1.01. The van der Waals surface area contributed by atoms with E-state index in [1.54, 1.807) is 0 Å². The van der Waals surface area contributed by atoms with E-state index in [9.17, 15) is 22.8 Å². The smallest absolute Gasteiger partial charge is 0.406 e. The number of carboxylic acid groups (broad SMARTS) is 1. The van der Waals surface area contributed by atoms with Crippen molar-refractivity contribution in [1.29, 1.82) is 0 Å². The van der Waals surface area contributed by atoms with Crippen molar-refractivity contribution in [2.24, 2.45) is 0 Å². The van der Waals surface area contributed by atoms with E-state index in [2.05, 4.69) is 0 Å². The third-order valence-corrected chi connectivity index (χ3v) is 1.98. The maximum absolute atomic E-state index is 12.0. The molecule has 0 rings (SSSR count). The average Bonchev–Trinajstić information content (AvgIpc) is 2.11. The second-order valence-corrected chi connectivity index (χ2v) is 3.38. The lowest BCUT2D eigenvalue weighted by Gasteiger charge is -2.27. The lowest BCUT2D eigenvalue weighted by molar-refractivity contribution is -0.142. The molecule has 0 radical (unpaired) electrons. The second-order valence-electron chi connectivity index (χ2n) is 3.38. The lowest BCUT2D eigenvalue weighted by Crippen LogP contribution is -2.48. The number of likely N-dealkylation sites (N-methyl/N-ethyl adjacent to an activating group) is 1. The number of nitrogens with zero attached hydrogens (tertiary/aromatic N) is 2. The average molecular weight is 242 g/mol. The fourth-order valence-corrected chi connectivity index (χ4v) is 0.937. The molecule has 0 aliphatic rings. The molecule has 0 saturated carbocycles. The van der Waals surface area contributed by atoms with Crippen LogP contribution < -0.4 is 0 Å². The topological polar surface area (TPSA) is 60.9 Å². The summed E-state index contributed by atoms with van der Waals surface area (Å²) in [5.41, 5.74) is 0. The van der Waals surface area contributed by atoms with E-state index in [1.807, 2.05) is 0 Å². The summed E-state index contributed by atoms with van der Waals surface area (Å²) < 4.78 is 35.9. The highest BCUT2D eigenvalue weighted by Crippen LogP contribution is 2.16. The Balaban J connectivity index is 4.50. The van der Waals surface area contributed by atoms with Gasteiger partial charge in [-0.1, -0.05) is 0 Å². The lowest BCUT2D eigenvalue weighted by atomic mass is 10.3. The molecule has 0 aliphatic heterocycles. The Morgan fingerprint density at radius 2 is 1.75 bits per heavy atom. The van der Waals surface area contributed by atoms with Gasteiger partial charge in [0, 0.05) is 14.1 Å². The third kappa shape index (κ3) is 4.37. The summed E-state index contributed by atoms with van der Waals surface area (Å²) in [6.45, 7) is -0.204. The van der Waals surface area contributed by atoms with Crippen LogP contribution >= 0.6 is 0 Å². The van der Waals surface area contributed by atoms with E-state index >= 15 is 0 Å². The van der Waals surface area contributed by atoms with Crippen LogP contribution in [0.25, 0.3) is 0 Å². The predicted molar refractivity (Wildman–Crippen MR) is 48.9 cm³/mol. The van der Waals surface area contributed by atoms with Crippen molar-refractivity contribution in [3.63, 3.8) is 0 Å². The number of hydrogen-bond donors (Lipinski definition) is 1. The first-order chi connectivity index (χ1) is 7.06. The van der Waals surface area contributed by atoms with Crippen LogP contribution in [0.5, 0.6) is 0 Å². The maximum Gasteiger partial charge on any atom is 0.406 e. The van der Waals surface area contributed by atoms with E-state index in [0.29, 0.717) is 4.90 Å². The van der Waals surface area contributed by atoms with Gasteiger partial charge in [0.2, 0.25) is 0 Å². The van der Waals surface area contributed by atoms with Crippen molar-refractivity contribution < 1.29 is 27.9 Å². The van der Waals surface area contributed by atoms with Crippen LogP contribution in [0.3, 0.4) is 0 Å². The van der Waals surface area contributed by atoms with Gasteiger partial charge in [-0.15, -0.1) is 0 Å². The van der Waals surface area contributed by atoms with E-state index in [0.717, 1.165) is 19.0 Å². The van der Waals surface area contributed by atoms with Crippen molar-refractivity contribution in [2.45, 2.75) is 19.1 Å². The molecule has 8 heteroatoms. The summed E-state index contributed by atoms with van der Waals surface area (Å²) in [5, 5.41) is 8.58. The highest BCUT2D eigenvalue weighted by molar-refractivity contribution is 5.82. The summed E-state index contributed by atoms with van der Waals surface area (Å²) in [5.74, 6) is -1.28. The minimum absolute atomic E-state index is 0.416. The molecule has 16 heavy (non-hydrogen) atoms. The van der Waals surface area contributed by atoms with Crippen molar-refractivity contribution in [3.8, 4) is 0 Å². The molecule has 2 amide bonds. The summed E-state index contributed by atoms with van der Waals surface area (Å²) in [6.07, 6.45) is -4.50. The molecule has 0 aliphatic carbocycles. The van der Waals surface area contributed by atoms with Gasteiger partial charge in [0.25, 0.3) is 0 Å². The SMILES string of the molecule is CC(C(=O)O)N(C)C(=O)N(C)CC(F)(F)F. The summed E-state index contributed by atoms with van der Waals surface area (Å²) in [6, 6.07) is -2.17. The molecular formula is C8H13F3N2O3. The number of carboxylic acids is 1. The van der Waals surface area contributed by atoms with Crippen LogP contribution in [-0.2, 0) is 4.79 Å². The van der Waals surface area contributed by atoms with Crippen LogP contribution in [0.15, 0.2) is 0 Å². The third-order valence-electron chi connectivity index (χ3n) is 1.98. The van der Waals surface area contributed by atoms with E-state index in [1.165, 1.54) is 6.92 Å². The van der Waals surface area contributed by atoms with Gasteiger partial charge in [0.15, 0.2) is 0 Å². The summed E-state index contributed by atoms with van der Waals surface area (Å²) in [4.78, 5) is 23.0. The highest BCUT2D eigenvalue weighted by atomic mass is 19.4. The molecule has 0 saturated heterocycles. The monoisotopic (exact) mass is 242 g/mol. The largest absolute Gasteiger partial charge is 0.480 e. The Morgan fingerprint density at radius 1 is 1.31 bits per heavy atom. The number of rotatable bonds is 3. The number of halogens is 3. The van der Waals surface area contributed by atoms with E-state index in [4.69, 9.17) is 5.11 Å². The van der Waals surface area contributed by atoms with Gasteiger partial charge < -0.3 is 14.9 Å². The molecule has 94 valence electrons. The van der Waals surface area contributed by atoms with Gasteiger partial charge in [-0.25, -0.2) is 9.59 Å². The molecule has 0 aromatic carbocycles. The fourth-order valence-electron chi connectivity index (χ4n) is 0.937. The Kier molecular flexibility index (Phi) is 4.58. The number of aliphatic carboxylic acids is 1. The van der Waals surface area contributed by atoms with Gasteiger partial charge in [0.1, 0.15) is 12.6 Å². The molecule has 0 bridgehead atoms. The Hall–Kier alpha value is -1.47. The fraction of sp³-hybridized carbons (Fsp3) is 0.750. The van der Waals surface area contributed by atoms with Crippen LogP contribution in [0, 0.1) is 0 Å². The zero-order valence-corrected chi connectivity index (χ0v) is 9.08. The first-order valence-corrected chi connectivity index (χ1v) is 4.33. The zero-order valence-electron chi connectivity index (χ0n) is 9.08. The molecule has 0 spiro atoms. The van der Waals surface area contributed by atoms with Crippen LogP contribution in [-0.4, -0.2) is 59.8 Å². The Morgan fingerprint density at radius 3 is 2.06 bits per heavy atom. The van der Waals surface area contributed by atoms with Gasteiger partial charge in [-0.2, -0.15) is 13.2 Å². The number of amides is 2. The van der Waals surface area contributed by atoms with Crippen LogP contribution in [0.1, 0.15) is 6.92 Å². The van der Waals surface area contributed by atoms with Gasteiger partial charge in [-0.05, 0) is 6.92 Å². The molecular weight excluding hydrogens is 229 g/mol. The molecule has 1 N–H and O–H groups in total. The number of carbonyl (C=O) groups is 2. The summed E-state index contributed by atoms with van der Waals surface area (Å²) in [7, 11) is 2.09. The van der Waals surface area contributed by atoms with E-state index in [-0.39, 0.29) is 0 Å². The first-order valence-electron chi connectivity index (χ1n) is 4.33. The number of alkyl halides is 3. The number of hydrogen-bond acceptors (Lipinski definition) is 2. The number of urea groups is 1. The van der Waals surface area contributed by atoms with Gasteiger partial charge in [0.05, 0.1) is 0 Å². The zero-order chi connectivity index (χ0) is 13.1. The van der Waals surface area contributed by atoms with Crippen molar-refractivity contribution in [2.75, 3.05) is 20.6 Å². The minimum Gasteiger partial charge on any atom is -0.480 e. The van der Waals surface area contributed by atoms with Crippen LogP contribution in [0.4, 0.5) is 18.0 Å². The summed E-state index contributed by atoms with van der Waals surface area (Å²) >= 11 is 0. The molecule has 1 unspecified atom stereocenters. The molecule has 5 nitrogen and oxygen atoms in total. The first kappa shape index (κ1) is 14.5. The second kappa shape index (κ2) is 5.04. The van der Waals surface area contributed by atoms with Crippen LogP contribution in [0.2, 0.25) is 0 Å². The quantitative estimate of drug-likeness (QED) is 0.803. The minimum atomic E-state index is -4.50. The standard InChI is InChI=1S/C8H13F3N2O3/c1-5(6(14)15)13(3)7(16)12(2)4-8(9,10)11/h5H,4H2,1-3H3,(H,14,15). The maximum atomic E-state index is 12.0. The highest BCUT2D eigenvalue weighted by Gasteiger charge is 2.33. The van der Waals surface area contributed by atoms with Gasteiger partial charge >= 0.3 is 18.2 Å². The molecule has 0 aromatic rings. The van der Waals surface area contributed by atoms with Crippen molar-refractivity contribution >= 4 is 12.0 Å². The van der Waals surface area contributed by atoms with Crippen molar-refractivity contribution in [3.05, 3.63) is 0 Å². The Bertz CT molecular complexity index is 280. The molecule has 1 atom stereocenters. The molecule has 0 aromatic heterocycles. The van der Waals surface area contributed by atoms with E-state index < -0.39 is 30.8 Å². The van der Waals surface area contributed by atoms with Gasteiger partial charge in [-0.3, -0.25) is 0 Å². The molecule has 0 heterocycles. The normalized spacial score (nSPS) is 13.1. The van der Waals surface area contributed by atoms with Crippen molar-refractivity contribution in [1.82, 2.24) is 9.80 Å². The molecule has 0 fully saturated rings.